The van der Waals surface area contributed by atoms with Crippen molar-refractivity contribution in [3.63, 3.8) is 0 Å². The van der Waals surface area contributed by atoms with Gasteiger partial charge in [0.25, 0.3) is 5.91 Å². The summed E-state index contributed by atoms with van der Waals surface area (Å²) in [6.07, 6.45) is -1.42. The number of amides is 1. The summed E-state index contributed by atoms with van der Waals surface area (Å²) in [5.41, 5.74) is 3.43. The summed E-state index contributed by atoms with van der Waals surface area (Å²) in [5.74, 6) is -0.906. The Morgan fingerprint density at radius 1 is 1.19 bits per heavy atom. The molecule has 1 N–H and O–H groups in total. The number of hydrogen-bond acceptors (Lipinski definition) is 5. The summed E-state index contributed by atoms with van der Waals surface area (Å²) in [5, 5.41) is 11.3. The van der Waals surface area contributed by atoms with Crippen molar-refractivity contribution in [3.8, 4) is 17.0 Å². The number of aromatic nitrogens is 5. The van der Waals surface area contributed by atoms with E-state index in [1.54, 1.807) is 23.0 Å². The summed E-state index contributed by atoms with van der Waals surface area (Å²) in [4.78, 5) is 16.9. The molecule has 31 heavy (non-hydrogen) atoms. The van der Waals surface area contributed by atoms with Crippen LogP contribution < -0.4 is 10.1 Å². The van der Waals surface area contributed by atoms with Gasteiger partial charge >= 0.3 is 6.36 Å². The zero-order valence-corrected chi connectivity index (χ0v) is 16.5. The molecular weight excluding hydrogens is 413 g/mol. The number of hydrogen-bond donors (Lipinski definition) is 1. The van der Waals surface area contributed by atoms with Gasteiger partial charge in [-0.2, -0.15) is 10.2 Å². The molecule has 0 aliphatic heterocycles. The Morgan fingerprint density at radius 2 is 1.94 bits per heavy atom. The van der Waals surface area contributed by atoms with E-state index in [0.717, 1.165) is 35.6 Å². The number of rotatable bonds is 5. The average Bonchev–Trinajstić information content (AvgIpc) is 3.31. The molecule has 4 aromatic rings. The summed E-state index contributed by atoms with van der Waals surface area (Å²) in [6.45, 7) is 4.66. The third-order valence-electron chi connectivity index (χ3n) is 4.62. The van der Waals surface area contributed by atoms with Gasteiger partial charge in [0.1, 0.15) is 5.75 Å². The zero-order chi connectivity index (χ0) is 22.2. The molecule has 11 heteroatoms. The third kappa shape index (κ3) is 4.20. The van der Waals surface area contributed by atoms with Crippen molar-refractivity contribution in [2.45, 2.75) is 26.8 Å². The largest absolute Gasteiger partial charge is 0.573 e. The minimum atomic E-state index is -4.78. The molecular formula is C20H17F3N6O2. The molecule has 3 aromatic heterocycles. The highest BCUT2D eigenvalue weighted by atomic mass is 19.4. The van der Waals surface area contributed by atoms with Crippen LogP contribution in [0.3, 0.4) is 0 Å². The standard InChI is InChI=1S/C20H17F3N6O2/c1-3-28-12(2)15(11-25-28)17-8-9-24-18-10-16(27-29(17)18)19(30)26-13-4-6-14(7-5-13)31-20(21,22)23/h4-11H,3H2,1-2H3,(H,26,30). The van der Waals surface area contributed by atoms with Crippen LogP contribution in [0.5, 0.6) is 5.75 Å². The van der Waals surface area contributed by atoms with E-state index in [9.17, 15) is 18.0 Å². The molecule has 3 heterocycles. The molecule has 0 aliphatic carbocycles. The lowest BCUT2D eigenvalue weighted by Crippen LogP contribution is -2.17. The molecule has 0 saturated heterocycles. The van der Waals surface area contributed by atoms with Crippen molar-refractivity contribution >= 4 is 17.2 Å². The van der Waals surface area contributed by atoms with E-state index in [1.165, 1.54) is 18.2 Å². The van der Waals surface area contributed by atoms with Crippen LogP contribution in [0.1, 0.15) is 23.1 Å². The van der Waals surface area contributed by atoms with Crippen molar-refractivity contribution in [1.29, 1.82) is 0 Å². The lowest BCUT2D eigenvalue weighted by molar-refractivity contribution is -0.274. The normalized spacial score (nSPS) is 11.6. The van der Waals surface area contributed by atoms with Gasteiger partial charge in [0.15, 0.2) is 11.3 Å². The van der Waals surface area contributed by atoms with Crippen molar-refractivity contribution in [3.05, 3.63) is 60.2 Å². The van der Waals surface area contributed by atoms with Gasteiger partial charge < -0.3 is 10.1 Å². The molecule has 0 aliphatic rings. The Morgan fingerprint density at radius 3 is 2.58 bits per heavy atom. The molecule has 4 rings (SSSR count). The van der Waals surface area contributed by atoms with Gasteiger partial charge in [-0.15, -0.1) is 13.2 Å². The second-order valence-electron chi connectivity index (χ2n) is 6.62. The smallest absolute Gasteiger partial charge is 0.406 e. The molecule has 1 aromatic carbocycles. The number of carbonyl (C=O) groups is 1. The highest BCUT2D eigenvalue weighted by Crippen LogP contribution is 2.25. The SMILES string of the molecule is CCn1ncc(-c2ccnc3cc(C(=O)Nc4ccc(OC(F)(F)F)cc4)nn23)c1C. The minimum absolute atomic E-state index is 0.108. The van der Waals surface area contributed by atoms with Crippen LogP contribution in [-0.2, 0) is 6.54 Å². The molecule has 0 bridgehead atoms. The fourth-order valence-electron chi connectivity index (χ4n) is 3.16. The molecule has 1 amide bonds. The first-order chi connectivity index (χ1) is 14.7. The molecule has 0 radical (unpaired) electrons. The Labute approximate surface area is 174 Å². The number of anilines is 1. The second-order valence-corrected chi connectivity index (χ2v) is 6.62. The number of alkyl halides is 3. The van der Waals surface area contributed by atoms with Crippen LogP contribution in [0.2, 0.25) is 0 Å². The Balaban J connectivity index is 1.59. The van der Waals surface area contributed by atoms with E-state index in [-0.39, 0.29) is 11.4 Å². The van der Waals surface area contributed by atoms with E-state index >= 15 is 0 Å². The summed E-state index contributed by atoms with van der Waals surface area (Å²) < 4.78 is 44.0. The fraction of sp³-hybridized carbons (Fsp3) is 0.200. The molecule has 0 unspecified atom stereocenters. The van der Waals surface area contributed by atoms with E-state index in [4.69, 9.17) is 0 Å². The van der Waals surface area contributed by atoms with Crippen molar-refractivity contribution in [2.75, 3.05) is 5.32 Å². The number of fused-ring (bicyclic) bond motifs is 1. The van der Waals surface area contributed by atoms with E-state index in [0.29, 0.717) is 11.3 Å². The molecule has 8 nitrogen and oxygen atoms in total. The number of ether oxygens (including phenoxy) is 1. The summed E-state index contributed by atoms with van der Waals surface area (Å²) in [6, 6.07) is 8.15. The van der Waals surface area contributed by atoms with Crippen LogP contribution in [0, 0.1) is 6.92 Å². The number of nitrogens with one attached hydrogen (secondary N) is 1. The van der Waals surface area contributed by atoms with Gasteiger partial charge in [-0.3, -0.25) is 9.48 Å². The fourth-order valence-corrected chi connectivity index (χ4v) is 3.16. The van der Waals surface area contributed by atoms with Crippen molar-refractivity contribution < 1.29 is 22.7 Å². The van der Waals surface area contributed by atoms with Gasteiger partial charge in [-0.05, 0) is 44.2 Å². The van der Waals surface area contributed by atoms with E-state index in [2.05, 4.69) is 25.2 Å². The summed E-state index contributed by atoms with van der Waals surface area (Å²) in [7, 11) is 0. The Bertz CT molecular complexity index is 1240. The van der Waals surface area contributed by atoms with Crippen LogP contribution in [-0.4, -0.2) is 36.6 Å². The zero-order valence-electron chi connectivity index (χ0n) is 16.5. The predicted octanol–water partition coefficient (Wildman–Crippen LogP) is 4.07. The summed E-state index contributed by atoms with van der Waals surface area (Å²) >= 11 is 0. The molecule has 0 saturated carbocycles. The predicted molar refractivity (Wildman–Crippen MR) is 106 cm³/mol. The number of benzene rings is 1. The highest BCUT2D eigenvalue weighted by Gasteiger charge is 2.31. The average molecular weight is 430 g/mol. The van der Waals surface area contributed by atoms with Crippen molar-refractivity contribution in [1.82, 2.24) is 24.4 Å². The molecule has 0 fully saturated rings. The molecule has 0 atom stereocenters. The van der Waals surface area contributed by atoms with Gasteiger partial charge in [0.2, 0.25) is 0 Å². The molecule has 160 valence electrons. The first-order valence-electron chi connectivity index (χ1n) is 9.30. The Kier molecular flexibility index (Phi) is 5.09. The Hall–Kier alpha value is -3.89. The van der Waals surface area contributed by atoms with Crippen LogP contribution in [0.25, 0.3) is 16.9 Å². The van der Waals surface area contributed by atoms with E-state index in [1.807, 2.05) is 18.5 Å². The maximum atomic E-state index is 12.6. The van der Waals surface area contributed by atoms with Gasteiger partial charge in [0, 0.05) is 35.8 Å². The van der Waals surface area contributed by atoms with Gasteiger partial charge in [-0.1, -0.05) is 0 Å². The number of halogens is 3. The number of carbonyl (C=O) groups excluding carboxylic acids is 1. The van der Waals surface area contributed by atoms with Gasteiger partial charge in [-0.25, -0.2) is 9.50 Å². The lowest BCUT2D eigenvalue weighted by atomic mass is 10.2. The second kappa shape index (κ2) is 7.74. The van der Waals surface area contributed by atoms with E-state index < -0.39 is 12.3 Å². The van der Waals surface area contributed by atoms with Crippen LogP contribution in [0.15, 0.2) is 48.8 Å². The monoisotopic (exact) mass is 430 g/mol. The lowest BCUT2D eigenvalue weighted by Gasteiger charge is -2.09. The first-order valence-corrected chi connectivity index (χ1v) is 9.30. The number of nitrogens with zero attached hydrogens (tertiary/aromatic N) is 5. The van der Waals surface area contributed by atoms with Crippen molar-refractivity contribution in [2.24, 2.45) is 0 Å². The number of aryl methyl sites for hydroxylation is 1. The minimum Gasteiger partial charge on any atom is -0.406 e. The quantitative estimate of drug-likeness (QED) is 0.516. The topological polar surface area (TPSA) is 86.3 Å². The highest BCUT2D eigenvalue weighted by molar-refractivity contribution is 6.03. The molecule has 0 spiro atoms. The van der Waals surface area contributed by atoms with Gasteiger partial charge in [0.05, 0.1) is 11.9 Å². The first kappa shape index (κ1) is 20.4. The maximum absolute atomic E-state index is 12.6. The third-order valence-corrected chi connectivity index (χ3v) is 4.62. The van der Waals surface area contributed by atoms with Crippen LogP contribution >= 0.6 is 0 Å². The maximum Gasteiger partial charge on any atom is 0.573 e. The van der Waals surface area contributed by atoms with Crippen LogP contribution in [0.4, 0.5) is 18.9 Å².